The lowest BCUT2D eigenvalue weighted by atomic mass is 9.88. The highest BCUT2D eigenvalue weighted by atomic mass is 28.3. The lowest BCUT2D eigenvalue weighted by Gasteiger charge is -2.18. The third-order valence-corrected chi connectivity index (χ3v) is 6.11. The largest absolute Gasteiger partial charge is 0.486 e. The normalized spacial score (nSPS) is 17.5. The van der Waals surface area contributed by atoms with E-state index < -0.39 is 8.07 Å². The maximum absolute atomic E-state index is 5.46. The molecule has 0 N–H and O–H groups in total. The van der Waals surface area contributed by atoms with Gasteiger partial charge in [-0.05, 0) is 6.42 Å². The summed E-state index contributed by atoms with van der Waals surface area (Å²) in [5.41, 5.74) is 2.33. The molecule has 1 saturated heterocycles. The van der Waals surface area contributed by atoms with Gasteiger partial charge in [0.2, 0.25) is 0 Å². The summed E-state index contributed by atoms with van der Waals surface area (Å²) < 4.78 is 10.9. The fraction of sp³-hybridized carbons (Fsp3) is 0.333. The van der Waals surface area contributed by atoms with Crippen LogP contribution >= 0.6 is 0 Å². The van der Waals surface area contributed by atoms with Gasteiger partial charge in [0.15, 0.2) is 0 Å². The van der Waals surface area contributed by atoms with Crippen LogP contribution in [0.3, 0.4) is 0 Å². The van der Waals surface area contributed by atoms with Gasteiger partial charge in [-0.15, -0.1) is 0 Å². The molecule has 1 aliphatic rings. The zero-order valence-electron chi connectivity index (χ0n) is 11.7. The van der Waals surface area contributed by atoms with Gasteiger partial charge < -0.3 is 9.31 Å². The van der Waals surface area contributed by atoms with Gasteiger partial charge in [0, 0.05) is 13.2 Å². The molecule has 1 fully saturated rings. The zero-order valence-corrected chi connectivity index (χ0v) is 12.7. The van der Waals surface area contributed by atoms with Gasteiger partial charge in [0.05, 0.1) is 0 Å². The van der Waals surface area contributed by atoms with Gasteiger partial charge >= 0.3 is 7.12 Å². The third-order valence-electron chi connectivity index (χ3n) is 3.26. The summed E-state index contributed by atoms with van der Waals surface area (Å²) in [6.07, 6.45) is 5.16. The van der Waals surface area contributed by atoms with Crippen LogP contribution in [0.15, 0.2) is 54.2 Å². The van der Waals surface area contributed by atoms with E-state index in [-0.39, 0.29) is 7.12 Å². The standard InChI is InChI=1S/C15H21BO2Si/c1-19(2,15-9-4-3-5-10-15)14-7-6-11-16-17-12-8-13-18-16/h3-7,9-11,14H,8,12-13H2,1-2H3/b11-6+,14-7+. The summed E-state index contributed by atoms with van der Waals surface area (Å²) in [5.74, 6) is 1.98. The van der Waals surface area contributed by atoms with Crippen LogP contribution in [0.1, 0.15) is 6.42 Å². The van der Waals surface area contributed by atoms with Gasteiger partial charge in [0.25, 0.3) is 0 Å². The zero-order chi connectivity index (χ0) is 13.6. The Morgan fingerprint density at radius 3 is 2.42 bits per heavy atom. The van der Waals surface area contributed by atoms with Gasteiger partial charge in [-0.3, -0.25) is 0 Å². The average molecular weight is 272 g/mol. The molecule has 0 aromatic heterocycles. The Labute approximate surface area is 117 Å². The summed E-state index contributed by atoms with van der Waals surface area (Å²) in [5, 5.41) is 1.45. The molecule has 0 radical (unpaired) electrons. The summed E-state index contributed by atoms with van der Waals surface area (Å²) in [4.78, 5) is 0. The molecule has 100 valence electrons. The van der Waals surface area contributed by atoms with Crippen LogP contribution in [0.4, 0.5) is 0 Å². The van der Waals surface area contributed by atoms with Crippen molar-refractivity contribution in [2.75, 3.05) is 13.2 Å². The van der Waals surface area contributed by atoms with E-state index >= 15 is 0 Å². The molecule has 2 nitrogen and oxygen atoms in total. The van der Waals surface area contributed by atoms with Crippen LogP contribution in [0.25, 0.3) is 0 Å². The SMILES string of the molecule is C[Si](C)(/C=C/C=C/B1OCCCO1)c1ccccc1. The van der Waals surface area contributed by atoms with E-state index in [1.165, 1.54) is 5.19 Å². The Morgan fingerprint density at radius 2 is 1.74 bits per heavy atom. The summed E-state index contributed by atoms with van der Waals surface area (Å²) in [6.45, 7) is 6.28. The smallest absolute Gasteiger partial charge is 0.408 e. The minimum atomic E-state index is -1.48. The van der Waals surface area contributed by atoms with Crippen molar-refractivity contribution in [1.29, 1.82) is 0 Å². The first-order valence-corrected chi connectivity index (χ1v) is 9.91. The van der Waals surface area contributed by atoms with Crippen molar-refractivity contribution in [1.82, 2.24) is 0 Å². The van der Waals surface area contributed by atoms with Crippen LogP contribution in [0, 0.1) is 0 Å². The fourth-order valence-corrected chi connectivity index (χ4v) is 3.87. The molecule has 0 spiro atoms. The van der Waals surface area contributed by atoms with Crippen molar-refractivity contribution >= 4 is 20.4 Å². The van der Waals surface area contributed by atoms with Crippen LogP contribution < -0.4 is 5.19 Å². The maximum atomic E-state index is 5.46. The first-order chi connectivity index (χ1) is 9.18. The van der Waals surface area contributed by atoms with Crippen molar-refractivity contribution < 1.29 is 9.31 Å². The highest BCUT2D eigenvalue weighted by Gasteiger charge is 2.19. The first kappa shape index (κ1) is 14.3. The van der Waals surface area contributed by atoms with E-state index in [0.717, 1.165) is 19.6 Å². The molecule has 0 amide bonds. The molecule has 0 aliphatic carbocycles. The minimum Gasteiger partial charge on any atom is -0.408 e. The molecule has 1 heterocycles. The molecular weight excluding hydrogens is 251 g/mol. The molecule has 0 saturated carbocycles. The lowest BCUT2D eigenvalue weighted by molar-refractivity contribution is 0.142. The Hall–Kier alpha value is -1.10. The predicted octanol–water partition coefficient (Wildman–Crippen LogP) is 2.72. The maximum Gasteiger partial charge on any atom is 0.486 e. The van der Waals surface area contributed by atoms with E-state index in [1.807, 2.05) is 12.1 Å². The van der Waals surface area contributed by atoms with E-state index in [2.05, 4.69) is 55.2 Å². The second-order valence-corrected chi connectivity index (χ2v) is 9.65. The van der Waals surface area contributed by atoms with E-state index in [4.69, 9.17) is 9.31 Å². The second-order valence-electron chi connectivity index (χ2n) is 5.30. The lowest BCUT2D eigenvalue weighted by Crippen LogP contribution is -2.39. The van der Waals surface area contributed by atoms with Gasteiger partial charge in [-0.1, -0.05) is 72.4 Å². The third kappa shape index (κ3) is 4.49. The van der Waals surface area contributed by atoms with E-state index in [1.54, 1.807) is 0 Å². The molecular formula is C15H21BO2Si. The van der Waals surface area contributed by atoms with Crippen LogP contribution in [-0.4, -0.2) is 28.4 Å². The molecule has 0 unspecified atom stereocenters. The van der Waals surface area contributed by atoms with Gasteiger partial charge in [-0.2, -0.15) is 0 Å². The number of benzene rings is 1. The molecule has 4 heteroatoms. The summed E-state index contributed by atoms with van der Waals surface area (Å²) in [7, 11) is -1.65. The first-order valence-electron chi connectivity index (χ1n) is 6.83. The van der Waals surface area contributed by atoms with Crippen LogP contribution in [0.2, 0.25) is 13.1 Å². The van der Waals surface area contributed by atoms with Crippen LogP contribution in [-0.2, 0) is 9.31 Å². The Balaban J connectivity index is 1.92. The van der Waals surface area contributed by atoms with Crippen LogP contribution in [0.5, 0.6) is 0 Å². The van der Waals surface area contributed by atoms with Crippen molar-refractivity contribution in [3.8, 4) is 0 Å². The highest BCUT2D eigenvalue weighted by molar-refractivity contribution is 6.93. The fourth-order valence-electron chi connectivity index (χ4n) is 2.03. The molecule has 1 aliphatic heterocycles. The summed E-state index contributed by atoms with van der Waals surface area (Å²) in [6, 6.07) is 10.7. The number of hydrogen-bond donors (Lipinski definition) is 0. The Kier molecular flexibility index (Phi) is 5.19. The topological polar surface area (TPSA) is 18.5 Å². The minimum absolute atomic E-state index is 0.167. The Bertz CT molecular complexity index is 437. The summed E-state index contributed by atoms with van der Waals surface area (Å²) >= 11 is 0. The van der Waals surface area contributed by atoms with Gasteiger partial charge in [0.1, 0.15) is 8.07 Å². The number of hydrogen-bond acceptors (Lipinski definition) is 2. The van der Waals surface area contributed by atoms with Crippen molar-refractivity contribution in [2.45, 2.75) is 19.5 Å². The van der Waals surface area contributed by atoms with Crippen molar-refractivity contribution in [3.05, 3.63) is 54.2 Å². The van der Waals surface area contributed by atoms with Crippen molar-refractivity contribution in [3.63, 3.8) is 0 Å². The second kappa shape index (κ2) is 6.89. The molecule has 2 rings (SSSR count). The van der Waals surface area contributed by atoms with Crippen molar-refractivity contribution in [2.24, 2.45) is 0 Å². The monoisotopic (exact) mass is 272 g/mol. The average Bonchev–Trinajstić information content (AvgIpc) is 2.46. The predicted molar refractivity (Wildman–Crippen MR) is 84.1 cm³/mol. The highest BCUT2D eigenvalue weighted by Crippen LogP contribution is 2.06. The molecule has 1 aromatic carbocycles. The van der Waals surface area contributed by atoms with E-state index in [9.17, 15) is 0 Å². The molecule has 19 heavy (non-hydrogen) atoms. The quantitative estimate of drug-likeness (QED) is 0.620. The van der Waals surface area contributed by atoms with Gasteiger partial charge in [-0.25, -0.2) is 0 Å². The molecule has 1 aromatic rings. The number of rotatable bonds is 4. The van der Waals surface area contributed by atoms with E-state index in [0.29, 0.717) is 0 Å². The Morgan fingerprint density at radius 1 is 1.05 bits per heavy atom. The number of allylic oxidation sites excluding steroid dienone is 2. The molecule has 0 atom stereocenters. The molecule has 0 bridgehead atoms.